The van der Waals surface area contributed by atoms with Crippen LogP contribution in [0.4, 0.5) is 0 Å². The molecule has 0 aromatic rings. The van der Waals surface area contributed by atoms with Crippen molar-refractivity contribution in [1.82, 2.24) is 0 Å². The lowest BCUT2D eigenvalue weighted by Gasteiger charge is -2.01. The Morgan fingerprint density at radius 3 is 2.69 bits per heavy atom. The van der Waals surface area contributed by atoms with Gasteiger partial charge in [0, 0.05) is 6.42 Å². The van der Waals surface area contributed by atoms with Crippen molar-refractivity contribution in [3.63, 3.8) is 0 Å². The maximum atomic E-state index is 10.9. The van der Waals surface area contributed by atoms with E-state index < -0.39 is 0 Å². The summed E-state index contributed by atoms with van der Waals surface area (Å²) in [7, 11) is 0. The Hall–Kier alpha value is -0.790. The van der Waals surface area contributed by atoms with Crippen LogP contribution in [0.1, 0.15) is 46.0 Å². The molecule has 0 aromatic heterocycles. The maximum absolute atomic E-state index is 10.9. The van der Waals surface area contributed by atoms with Crippen molar-refractivity contribution in [2.75, 3.05) is 6.61 Å². The van der Waals surface area contributed by atoms with E-state index in [1.54, 1.807) is 0 Å². The fourth-order valence-electron chi connectivity index (χ4n) is 0.948. The molecule has 0 spiro atoms. The van der Waals surface area contributed by atoms with E-state index in [-0.39, 0.29) is 5.97 Å². The standard InChI is InChI=1S/C11H20O2/c1-3-5-6-7-8-10-13-11(12)9-4-2/h5-6H,3-4,7-10H2,1-2H3/b6-5-. The topological polar surface area (TPSA) is 26.3 Å². The summed E-state index contributed by atoms with van der Waals surface area (Å²) in [5, 5.41) is 0. The first-order chi connectivity index (χ1) is 6.31. The third-order valence-electron chi connectivity index (χ3n) is 1.63. The molecule has 0 aliphatic heterocycles. The zero-order valence-corrected chi connectivity index (χ0v) is 8.71. The molecule has 0 aliphatic carbocycles. The Labute approximate surface area is 81.0 Å². The lowest BCUT2D eigenvalue weighted by Crippen LogP contribution is -2.04. The van der Waals surface area contributed by atoms with Crippen LogP contribution in [-0.2, 0) is 9.53 Å². The largest absolute Gasteiger partial charge is 0.466 e. The molecule has 0 atom stereocenters. The van der Waals surface area contributed by atoms with Gasteiger partial charge in [0.1, 0.15) is 0 Å². The van der Waals surface area contributed by atoms with Crippen LogP contribution in [0.25, 0.3) is 0 Å². The number of unbranched alkanes of at least 4 members (excludes halogenated alkanes) is 1. The van der Waals surface area contributed by atoms with Crippen LogP contribution in [0, 0.1) is 0 Å². The van der Waals surface area contributed by atoms with Gasteiger partial charge in [0.05, 0.1) is 6.61 Å². The number of rotatable bonds is 7. The van der Waals surface area contributed by atoms with Crippen LogP contribution in [0.3, 0.4) is 0 Å². The minimum absolute atomic E-state index is 0.0676. The van der Waals surface area contributed by atoms with Crippen LogP contribution >= 0.6 is 0 Å². The van der Waals surface area contributed by atoms with Crippen LogP contribution in [0.15, 0.2) is 12.2 Å². The Kier molecular flexibility index (Phi) is 8.73. The molecular weight excluding hydrogens is 164 g/mol. The molecule has 76 valence electrons. The zero-order chi connectivity index (χ0) is 9.94. The summed E-state index contributed by atoms with van der Waals surface area (Å²) in [4.78, 5) is 10.9. The predicted octanol–water partition coefficient (Wildman–Crippen LogP) is 3.08. The SMILES string of the molecule is CC/C=C\CCCOC(=O)CCC. The summed E-state index contributed by atoms with van der Waals surface area (Å²) in [6, 6.07) is 0. The summed E-state index contributed by atoms with van der Waals surface area (Å²) >= 11 is 0. The number of ether oxygens (including phenoxy) is 1. The van der Waals surface area contributed by atoms with Gasteiger partial charge >= 0.3 is 5.97 Å². The first kappa shape index (κ1) is 12.2. The quantitative estimate of drug-likeness (QED) is 0.345. The minimum atomic E-state index is -0.0676. The molecule has 2 heteroatoms. The van der Waals surface area contributed by atoms with Crippen molar-refractivity contribution < 1.29 is 9.53 Å². The molecule has 0 bridgehead atoms. The van der Waals surface area contributed by atoms with Crippen molar-refractivity contribution in [2.24, 2.45) is 0 Å². The Morgan fingerprint density at radius 1 is 1.31 bits per heavy atom. The first-order valence-corrected chi connectivity index (χ1v) is 5.11. The smallest absolute Gasteiger partial charge is 0.305 e. The van der Waals surface area contributed by atoms with E-state index in [9.17, 15) is 4.79 Å². The molecule has 0 aromatic carbocycles. The lowest BCUT2D eigenvalue weighted by atomic mass is 10.3. The second-order valence-corrected chi connectivity index (χ2v) is 2.99. The third kappa shape index (κ3) is 9.12. The molecule has 0 heterocycles. The van der Waals surface area contributed by atoms with Gasteiger partial charge < -0.3 is 4.74 Å². The fourth-order valence-corrected chi connectivity index (χ4v) is 0.948. The van der Waals surface area contributed by atoms with E-state index in [4.69, 9.17) is 4.74 Å². The van der Waals surface area contributed by atoms with Crippen molar-refractivity contribution >= 4 is 5.97 Å². The number of hydrogen-bond acceptors (Lipinski definition) is 2. The second kappa shape index (κ2) is 9.30. The monoisotopic (exact) mass is 184 g/mol. The third-order valence-corrected chi connectivity index (χ3v) is 1.63. The zero-order valence-electron chi connectivity index (χ0n) is 8.71. The van der Waals surface area contributed by atoms with E-state index in [0.717, 1.165) is 25.7 Å². The van der Waals surface area contributed by atoms with Gasteiger partial charge in [-0.3, -0.25) is 4.79 Å². The molecule has 0 rings (SSSR count). The summed E-state index contributed by atoms with van der Waals surface area (Å²) < 4.78 is 4.99. The van der Waals surface area contributed by atoms with Crippen molar-refractivity contribution in [1.29, 1.82) is 0 Å². The van der Waals surface area contributed by atoms with E-state index >= 15 is 0 Å². The van der Waals surface area contributed by atoms with E-state index in [2.05, 4.69) is 19.1 Å². The molecule has 0 unspecified atom stereocenters. The van der Waals surface area contributed by atoms with Gasteiger partial charge in [-0.25, -0.2) is 0 Å². The summed E-state index contributed by atoms with van der Waals surface area (Å²) in [6.07, 6.45) is 8.70. The first-order valence-electron chi connectivity index (χ1n) is 5.11. The molecule has 13 heavy (non-hydrogen) atoms. The fraction of sp³-hybridized carbons (Fsp3) is 0.727. The predicted molar refractivity (Wildman–Crippen MR) is 54.5 cm³/mol. The molecule has 0 amide bonds. The normalized spacial score (nSPS) is 10.6. The number of esters is 1. The number of allylic oxidation sites excluding steroid dienone is 2. The average Bonchev–Trinajstić information content (AvgIpc) is 2.11. The van der Waals surface area contributed by atoms with Gasteiger partial charge in [-0.2, -0.15) is 0 Å². The highest BCUT2D eigenvalue weighted by Crippen LogP contribution is 1.96. The van der Waals surface area contributed by atoms with Gasteiger partial charge in [0.2, 0.25) is 0 Å². The van der Waals surface area contributed by atoms with E-state index in [1.807, 2.05) is 6.92 Å². The van der Waals surface area contributed by atoms with Gasteiger partial charge in [-0.15, -0.1) is 0 Å². The van der Waals surface area contributed by atoms with Gasteiger partial charge in [-0.05, 0) is 25.7 Å². The highest BCUT2D eigenvalue weighted by Gasteiger charge is 1.98. The Morgan fingerprint density at radius 2 is 2.08 bits per heavy atom. The molecule has 2 nitrogen and oxygen atoms in total. The highest BCUT2D eigenvalue weighted by molar-refractivity contribution is 5.69. The van der Waals surface area contributed by atoms with Gasteiger partial charge in [0.15, 0.2) is 0 Å². The highest BCUT2D eigenvalue weighted by atomic mass is 16.5. The number of carbonyl (C=O) groups excluding carboxylic acids is 1. The van der Waals surface area contributed by atoms with E-state index in [1.165, 1.54) is 0 Å². The van der Waals surface area contributed by atoms with Crippen LogP contribution in [0.2, 0.25) is 0 Å². The van der Waals surface area contributed by atoms with E-state index in [0.29, 0.717) is 13.0 Å². The lowest BCUT2D eigenvalue weighted by molar-refractivity contribution is -0.143. The summed E-state index contributed by atoms with van der Waals surface area (Å²) in [5.41, 5.74) is 0. The summed E-state index contributed by atoms with van der Waals surface area (Å²) in [6.45, 7) is 4.65. The maximum Gasteiger partial charge on any atom is 0.305 e. The molecule has 0 radical (unpaired) electrons. The van der Waals surface area contributed by atoms with Gasteiger partial charge in [0.25, 0.3) is 0 Å². The number of hydrogen-bond donors (Lipinski definition) is 0. The van der Waals surface area contributed by atoms with Gasteiger partial charge in [-0.1, -0.05) is 26.0 Å². The van der Waals surface area contributed by atoms with Crippen molar-refractivity contribution in [2.45, 2.75) is 46.0 Å². The number of carbonyl (C=O) groups is 1. The Bertz CT molecular complexity index is 150. The van der Waals surface area contributed by atoms with Crippen molar-refractivity contribution in [3.05, 3.63) is 12.2 Å². The molecule has 0 fully saturated rings. The molecule has 0 saturated carbocycles. The average molecular weight is 184 g/mol. The molecule has 0 aliphatic rings. The minimum Gasteiger partial charge on any atom is -0.466 e. The van der Waals surface area contributed by atoms with Crippen LogP contribution in [0.5, 0.6) is 0 Å². The molecular formula is C11H20O2. The molecule has 0 N–H and O–H groups in total. The van der Waals surface area contributed by atoms with Crippen LogP contribution in [-0.4, -0.2) is 12.6 Å². The molecule has 0 saturated heterocycles. The van der Waals surface area contributed by atoms with Crippen LogP contribution < -0.4 is 0 Å². The summed E-state index contributed by atoms with van der Waals surface area (Å²) in [5.74, 6) is -0.0676. The second-order valence-electron chi connectivity index (χ2n) is 2.99. The van der Waals surface area contributed by atoms with Crippen molar-refractivity contribution in [3.8, 4) is 0 Å². The Balaban J connectivity index is 3.15.